The molecule has 186 valence electrons. The van der Waals surface area contributed by atoms with Crippen molar-refractivity contribution < 1.29 is 38.1 Å². The van der Waals surface area contributed by atoms with E-state index in [4.69, 9.17) is 18.9 Å². The van der Waals surface area contributed by atoms with Crippen molar-refractivity contribution in [2.45, 2.75) is 71.8 Å². The van der Waals surface area contributed by atoms with E-state index in [-0.39, 0.29) is 53.8 Å². The van der Waals surface area contributed by atoms with Gasteiger partial charge in [-0.25, -0.2) is 0 Å². The van der Waals surface area contributed by atoms with E-state index in [2.05, 4.69) is 0 Å². The highest BCUT2D eigenvalue weighted by Gasteiger charge is 2.32. The van der Waals surface area contributed by atoms with Gasteiger partial charge in [0, 0.05) is 31.4 Å². The molecule has 1 aliphatic heterocycles. The van der Waals surface area contributed by atoms with E-state index in [1.807, 2.05) is 20.8 Å². The Labute approximate surface area is 204 Å². The van der Waals surface area contributed by atoms with Crippen LogP contribution in [0.25, 0.3) is 0 Å². The Morgan fingerprint density at radius 2 is 1.34 bits per heavy atom. The Balaban J connectivity index is 1.88. The van der Waals surface area contributed by atoms with Crippen LogP contribution in [0.3, 0.4) is 0 Å². The average Bonchev–Trinajstić information content (AvgIpc) is 2.79. The molecule has 3 rings (SSSR count). The van der Waals surface area contributed by atoms with Crippen LogP contribution in [0.2, 0.25) is 0 Å². The molecule has 0 radical (unpaired) electrons. The second-order valence-electron chi connectivity index (χ2n) is 8.27. The van der Waals surface area contributed by atoms with Crippen molar-refractivity contribution in [1.82, 2.24) is 0 Å². The topological polar surface area (TPSA) is 105 Å². The fourth-order valence-corrected chi connectivity index (χ4v) is 3.63. The van der Waals surface area contributed by atoms with E-state index in [0.29, 0.717) is 37.0 Å². The van der Waals surface area contributed by atoms with E-state index in [9.17, 15) is 19.2 Å². The van der Waals surface area contributed by atoms with Crippen LogP contribution >= 0.6 is 0 Å². The van der Waals surface area contributed by atoms with Crippen LogP contribution in [0.15, 0.2) is 36.4 Å². The van der Waals surface area contributed by atoms with Gasteiger partial charge in [0.1, 0.15) is 34.7 Å². The SMILES string of the molecule is CCCC(=O)Oc1ccc([C@@H]2CC(=O)c3c(OC(=O)CCC)cc(OC(=O)CCC)cc3O2)cc1. The number of hydrogen-bond acceptors (Lipinski definition) is 8. The van der Waals surface area contributed by atoms with Crippen molar-refractivity contribution in [3.05, 3.63) is 47.5 Å². The van der Waals surface area contributed by atoms with E-state index in [1.54, 1.807) is 24.3 Å². The van der Waals surface area contributed by atoms with Gasteiger partial charge in [-0.2, -0.15) is 0 Å². The minimum absolute atomic E-state index is 0.0156. The van der Waals surface area contributed by atoms with E-state index in [0.717, 1.165) is 0 Å². The largest absolute Gasteiger partial charge is 0.484 e. The fraction of sp³-hybridized carbons (Fsp3) is 0.407. The number of ketones is 1. The van der Waals surface area contributed by atoms with Gasteiger partial charge in [-0.1, -0.05) is 32.9 Å². The standard InChI is InChI=1S/C27H30O8/c1-4-7-24(29)32-18-12-10-17(11-13-18)21-16-20(28)27-22(34-21)14-19(33-25(30)8-5-2)15-23(27)35-26(31)9-6-3/h10-15,21H,4-9,16H2,1-3H3/t21-/m0/s1. The Bertz CT molecular complexity index is 1090. The number of carbonyl (C=O) groups excluding carboxylic acids is 4. The molecule has 0 aromatic heterocycles. The van der Waals surface area contributed by atoms with Gasteiger partial charge in [-0.3, -0.25) is 19.2 Å². The van der Waals surface area contributed by atoms with Crippen LogP contribution in [0.5, 0.6) is 23.0 Å². The van der Waals surface area contributed by atoms with Gasteiger partial charge in [0.05, 0.1) is 6.42 Å². The van der Waals surface area contributed by atoms with Crippen LogP contribution < -0.4 is 18.9 Å². The third-order valence-electron chi connectivity index (χ3n) is 5.26. The lowest BCUT2D eigenvalue weighted by Gasteiger charge is -2.27. The lowest BCUT2D eigenvalue weighted by Crippen LogP contribution is -2.22. The zero-order chi connectivity index (χ0) is 25.4. The molecule has 0 bridgehead atoms. The van der Waals surface area contributed by atoms with Crippen LogP contribution in [-0.4, -0.2) is 23.7 Å². The first-order chi connectivity index (χ1) is 16.8. The Hall–Kier alpha value is -3.68. The monoisotopic (exact) mass is 482 g/mol. The molecule has 0 spiro atoms. The van der Waals surface area contributed by atoms with Gasteiger partial charge >= 0.3 is 17.9 Å². The van der Waals surface area contributed by atoms with Gasteiger partial charge < -0.3 is 18.9 Å². The second kappa shape index (κ2) is 12.1. The molecule has 0 fully saturated rings. The minimum Gasteiger partial charge on any atom is -0.484 e. The normalized spacial score (nSPS) is 14.5. The van der Waals surface area contributed by atoms with Crippen molar-refractivity contribution >= 4 is 23.7 Å². The van der Waals surface area contributed by atoms with Crippen molar-refractivity contribution in [1.29, 1.82) is 0 Å². The Morgan fingerprint density at radius 3 is 1.91 bits per heavy atom. The Morgan fingerprint density at radius 1 is 0.800 bits per heavy atom. The molecule has 0 saturated heterocycles. The summed E-state index contributed by atoms with van der Waals surface area (Å²) in [6.45, 7) is 5.59. The van der Waals surface area contributed by atoms with Crippen molar-refractivity contribution in [2.75, 3.05) is 0 Å². The molecule has 0 unspecified atom stereocenters. The first-order valence-corrected chi connectivity index (χ1v) is 11.9. The van der Waals surface area contributed by atoms with Crippen molar-refractivity contribution in [3.63, 3.8) is 0 Å². The van der Waals surface area contributed by atoms with Gasteiger partial charge in [-0.15, -0.1) is 0 Å². The fourth-order valence-electron chi connectivity index (χ4n) is 3.63. The molecule has 35 heavy (non-hydrogen) atoms. The van der Waals surface area contributed by atoms with Gasteiger partial charge in [-0.05, 0) is 37.0 Å². The smallest absolute Gasteiger partial charge is 0.311 e. The van der Waals surface area contributed by atoms with E-state index < -0.39 is 18.0 Å². The summed E-state index contributed by atoms with van der Waals surface area (Å²) in [5.74, 6) is -0.778. The number of carbonyl (C=O) groups is 4. The number of rotatable bonds is 10. The molecule has 1 heterocycles. The van der Waals surface area contributed by atoms with Crippen molar-refractivity contribution in [3.8, 4) is 23.0 Å². The summed E-state index contributed by atoms with van der Waals surface area (Å²) in [5, 5.41) is 0. The minimum atomic E-state index is -0.615. The highest BCUT2D eigenvalue weighted by atomic mass is 16.6. The number of esters is 3. The summed E-state index contributed by atoms with van der Waals surface area (Å²) in [5.41, 5.74) is 0.850. The lowest BCUT2D eigenvalue weighted by molar-refractivity contribution is -0.135. The number of hydrogen-bond donors (Lipinski definition) is 0. The molecule has 1 atom stereocenters. The molecule has 0 saturated carbocycles. The van der Waals surface area contributed by atoms with Gasteiger partial charge in [0.25, 0.3) is 0 Å². The summed E-state index contributed by atoms with van der Waals surface area (Å²) in [6, 6.07) is 9.59. The molecule has 0 aliphatic carbocycles. The van der Waals surface area contributed by atoms with Crippen LogP contribution in [-0.2, 0) is 14.4 Å². The number of fused-ring (bicyclic) bond motifs is 1. The maximum atomic E-state index is 13.1. The lowest BCUT2D eigenvalue weighted by atomic mass is 9.95. The van der Waals surface area contributed by atoms with Gasteiger partial charge in [0.15, 0.2) is 5.78 Å². The van der Waals surface area contributed by atoms with E-state index in [1.165, 1.54) is 12.1 Å². The molecule has 8 nitrogen and oxygen atoms in total. The molecule has 1 aliphatic rings. The Kier molecular flexibility index (Phi) is 9.00. The zero-order valence-corrected chi connectivity index (χ0v) is 20.3. The third kappa shape index (κ3) is 6.91. The summed E-state index contributed by atoms with van der Waals surface area (Å²) >= 11 is 0. The number of ether oxygens (including phenoxy) is 4. The summed E-state index contributed by atoms with van der Waals surface area (Å²) in [6.07, 6.45) is 2.03. The highest BCUT2D eigenvalue weighted by molar-refractivity contribution is 6.03. The van der Waals surface area contributed by atoms with Crippen molar-refractivity contribution in [2.24, 2.45) is 0 Å². The zero-order valence-electron chi connectivity index (χ0n) is 20.3. The molecule has 0 N–H and O–H groups in total. The molecular weight excluding hydrogens is 452 g/mol. The number of benzene rings is 2. The molecule has 0 amide bonds. The first kappa shape index (κ1) is 25.9. The van der Waals surface area contributed by atoms with Crippen LogP contribution in [0.4, 0.5) is 0 Å². The molecule has 8 heteroatoms. The predicted molar refractivity (Wildman–Crippen MR) is 127 cm³/mol. The van der Waals surface area contributed by atoms with Crippen LogP contribution in [0, 0.1) is 0 Å². The quantitative estimate of drug-likeness (QED) is 0.322. The van der Waals surface area contributed by atoms with Crippen LogP contribution in [0.1, 0.15) is 87.7 Å². The molecule has 2 aromatic rings. The van der Waals surface area contributed by atoms with Gasteiger partial charge in [0.2, 0.25) is 0 Å². The predicted octanol–water partition coefficient (Wildman–Crippen LogP) is 5.51. The highest BCUT2D eigenvalue weighted by Crippen LogP contribution is 2.43. The summed E-state index contributed by atoms with van der Waals surface area (Å²) < 4.78 is 22.2. The van der Waals surface area contributed by atoms with E-state index >= 15 is 0 Å². The number of Topliss-reactive ketones (excluding diaryl/α,β-unsaturated/α-hetero) is 1. The average molecular weight is 483 g/mol. The second-order valence-corrected chi connectivity index (χ2v) is 8.27. The summed E-state index contributed by atoms with van der Waals surface area (Å²) in [7, 11) is 0. The summed E-state index contributed by atoms with van der Waals surface area (Å²) in [4.78, 5) is 49.0. The molecular formula is C27H30O8. The maximum absolute atomic E-state index is 13.1. The maximum Gasteiger partial charge on any atom is 0.311 e. The third-order valence-corrected chi connectivity index (χ3v) is 5.26. The molecule has 2 aromatic carbocycles. The first-order valence-electron chi connectivity index (χ1n) is 11.9.